The Morgan fingerprint density at radius 1 is 1.09 bits per heavy atom. The Labute approximate surface area is 266 Å². The molecule has 5 rings (SSSR count). The third kappa shape index (κ3) is 5.86. The number of carbonyl (C=O) groups is 1. The fourth-order valence-electron chi connectivity index (χ4n) is 7.07. The predicted octanol–water partition coefficient (Wildman–Crippen LogP) is 6.10. The van der Waals surface area contributed by atoms with Crippen molar-refractivity contribution < 1.29 is 17.9 Å². The van der Waals surface area contributed by atoms with E-state index in [4.69, 9.17) is 10.5 Å². The molecule has 4 aromatic rings. The van der Waals surface area contributed by atoms with Gasteiger partial charge in [0.15, 0.2) is 0 Å². The minimum atomic E-state index is -3.82. The second-order valence-corrected chi connectivity index (χ2v) is 14.7. The van der Waals surface area contributed by atoms with Crippen LogP contribution in [0.25, 0.3) is 11.0 Å². The van der Waals surface area contributed by atoms with Gasteiger partial charge in [0, 0.05) is 24.9 Å². The van der Waals surface area contributed by atoms with E-state index < -0.39 is 21.4 Å². The van der Waals surface area contributed by atoms with Gasteiger partial charge in [0.05, 0.1) is 12.1 Å². The molecule has 0 fully saturated rings. The zero-order chi connectivity index (χ0) is 32.7. The van der Waals surface area contributed by atoms with Gasteiger partial charge >= 0.3 is 0 Å². The van der Waals surface area contributed by atoms with Crippen LogP contribution in [-0.4, -0.2) is 46.3 Å². The van der Waals surface area contributed by atoms with Crippen molar-refractivity contribution in [1.82, 2.24) is 19.3 Å². The molecule has 0 bridgehead atoms. The van der Waals surface area contributed by atoms with Crippen molar-refractivity contribution in [2.75, 3.05) is 6.54 Å². The van der Waals surface area contributed by atoms with Crippen molar-refractivity contribution in [2.24, 2.45) is 17.1 Å². The first kappa shape index (κ1) is 32.6. The van der Waals surface area contributed by atoms with E-state index in [1.165, 1.54) is 4.31 Å². The predicted molar refractivity (Wildman–Crippen MR) is 176 cm³/mol. The van der Waals surface area contributed by atoms with Gasteiger partial charge in [-0.05, 0) is 85.0 Å². The van der Waals surface area contributed by atoms with Crippen molar-refractivity contribution >= 4 is 27.0 Å². The first-order valence-corrected chi connectivity index (χ1v) is 17.3. The van der Waals surface area contributed by atoms with Crippen molar-refractivity contribution in [3.63, 3.8) is 0 Å². The van der Waals surface area contributed by atoms with Gasteiger partial charge in [-0.15, -0.1) is 5.10 Å². The summed E-state index contributed by atoms with van der Waals surface area (Å²) in [6.07, 6.45) is 0.991. The molecule has 1 aliphatic heterocycles. The lowest BCUT2D eigenvalue weighted by atomic mass is 9.62. The lowest BCUT2D eigenvalue weighted by molar-refractivity contribution is -0.125. The summed E-state index contributed by atoms with van der Waals surface area (Å²) in [5.41, 5.74) is 12.1. The van der Waals surface area contributed by atoms with Crippen molar-refractivity contribution in [2.45, 2.75) is 91.3 Å². The van der Waals surface area contributed by atoms with Crippen LogP contribution in [0.5, 0.6) is 5.75 Å². The molecule has 1 aromatic heterocycles. The van der Waals surface area contributed by atoms with Gasteiger partial charge in [-0.3, -0.25) is 4.79 Å². The number of benzene rings is 3. The summed E-state index contributed by atoms with van der Waals surface area (Å²) in [5.74, 6) is -0.588. The van der Waals surface area contributed by atoms with Gasteiger partial charge < -0.3 is 10.5 Å². The molecule has 0 saturated carbocycles. The number of fused-ring (bicyclic) bond motifs is 2. The van der Waals surface area contributed by atoms with Gasteiger partial charge in [0.1, 0.15) is 22.3 Å². The van der Waals surface area contributed by atoms with Crippen molar-refractivity contribution in [1.29, 1.82) is 0 Å². The highest BCUT2D eigenvalue weighted by Gasteiger charge is 2.42. The molecule has 0 radical (unpaired) electrons. The Hall–Kier alpha value is -3.76. The summed E-state index contributed by atoms with van der Waals surface area (Å²) in [7, 11) is -3.82. The monoisotopic (exact) mass is 631 g/mol. The number of hydrogen-bond acceptors (Lipinski definition) is 6. The summed E-state index contributed by atoms with van der Waals surface area (Å²) in [5, 5.41) is 8.86. The number of nitrogens with two attached hydrogens (primary N) is 1. The number of ether oxygens (including phenoxy) is 1. The van der Waals surface area contributed by atoms with Crippen molar-refractivity contribution in [3.8, 4) is 5.75 Å². The smallest absolute Gasteiger partial charge is 0.247 e. The largest absolute Gasteiger partial charge is 0.488 e. The van der Waals surface area contributed by atoms with Crippen LogP contribution < -0.4 is 10.5 Å². The Kier molecular flexibility index (Phi) is 9.11. The van der Waals surface area contributed by atoms with E-state index in [1.807, 2.05) is 38.4 Å². The molecule has 1 unspecified atom stereocenters. The molecule has 1 aliphatic rings. The Bertz CT molecular complexity index is 1830. The molecule has 240 valence electrons. The quantitative estimate of drug-likeness (QED) is 0.226. The van der Waals surface area contributed by atoms with Crippen molar-refractivity contribution in [3.05, 3.63) is 82.4 Å². The first-order valence-electron chi connectivity index (χ1n) is 15.8. The number of rotatable bonds is 10. The number of aromatic nitrogens is 3. The number of sulfonamides is 1. The fraction of sp³-hybridized carbons (Fsp3) is 0.457. The molecule has 3 atom stereocenters. The average molecular weight is 632 g/mol. The third-order valence-electron chi connectivity index (χ3n) is 9.66. The minimum Gasteiger partial charge on any atom is -0.488 e. The maximum absolute atomic E-state index is 14.0. The van der Waals surface area contributed by atoms with E-state index in [1.54, 1.807) is 24.3 Å². The molecule has 0 aliphatic carbocycles. The van der Waals surface area contributed by atoms with Gasteiger partial charge in [-0.2, -0.15) is 4.31 Å². The van der Waals surface area contributed by atoms with E-state index in [-0.39, 0.29) is 35.9 Å². The highest BCUT2D eigenvalue weighted by atomic mass is 32.2. The summed E-state index contributed by atoms with van der Waals surface area (Å²) in [6, 6.07) is 17.3. The topological polar surface area (TPSA) is 120 Å². The highest BCUT2D eigenvalue weighted by Crippen LogP contribution is 2.49. The Morgan fingerprint density at radius 2 is 1.82 bits per heavy atom. The molecule has 2 N–H and O–H groups in total. The van der Waals surface area contributed by atoms with E-state index in [0.29, 0.717) is 25.1 Å². The lowest BCUT2D eigenvalue weighted by Crippen LogP contribution is -2.40. The zero-order valence-corrected chi connectivity index (χ0v) is 28.2. The van der Waals surface area contributed by atoms with Gasteiger partial charge in [-0.1, -0.05) is 69.3 Å². The summed E-state index contributed by atoms with van der Waals surface area (Å²) in [6.45, 7) is 15.4. The summed E-state index contributed by atoms with van der Waals surface area (Å²) >= 11 is 0. The van der Waals surface area contributed by atoms with Crippen LogP contribution in [0.2, 0.25) is 0 Å². The number of carbonyl (C=O) groups excluding carboxylic acids is 1. The molecule has 2 heterocycles. The third-order valence-corrected chi connectivity index (χ3v) is 11.5. The number of para-hydroxylation sites is 1. The summed E-state index contributed by atoms with van der Waals surface area (Å²) < 4.78 is 37.5. The molecule has 9 nitrogen and oxygen atoms in total. The molecular weight excluding hydrogens is 586 g/mol. The Balaban J connectivity index is 1.65. The number of amides is 1. The van der Waals surface area contributed by atoms with Crippen LogP contribution in [0.1, 0.15) is 81.2 Å². The lowest BCUT2D eigenvalue weighted by Gasteiger charge is -2.41. The van der Waals surface area contributed by atoms with Crippen LogP contribution in [0, 0.1) is 25.2 Å². The van der Waals surface area contributed by atoms with E-state index in [9.17, 15) is 13.2 Å². The van der Waals surface area contributed by atoms with Gasteiger partial charge in [0.2, 0.25) is 15.9 Å². The maximum Gasteiger partial charge on any atom is 0.247 e. The SMILES string of the molecule is CCC(C(N)=O)C(C)(C)[C@@H](c1ccc(C)c(CN2C[C@@H](CC)Oc3ccccc3S2(=O)=O)c1)c1ccc2c(nnn2CC)c1C. The first-order chi connectivity index (χ1) is 21.3. The number of primary amides is 1. The van der Waals surface area contributed by atoms with E-state index in [2.05, 4.69) is 55.3 Å². The molecule has 0 saturated heterocycles. The second-order valence-electron chi connectivity index (χ2n) is 12.7. The van der Waals surface area contributed by atoms with Gasteiger partial charge in [-0.25, -0.2) is 13.1 Å². The highest BCUT2D eigenvalue weighted by molar-refractivity contribution is 7.89. The Morgan fingerprint density at radius 3 is 2.49 bits per heavy atom. The van der Waals surface area contributed by atoms with Crippen LogP contribution in [0.3, 0.4) is 0 Å². The maximum atomic E-state index is 14.0. The fourth-order valence-corrected chi connectivity index (χ4v) is 8.64. The molecule has 3 aromatic carbocycles. The van der Waals surface area contributed by atoms with Crippen LogP contribution in [-0.2, 0) is 27.9 Å². The normalized spacial score (nSPS) is 18.2. The van der Waals surface area contributed by atoms with Crippen LogP contribution in [0.15, 0.2) is 59.5 Å². The molecule has 0 spiro atoms. The number of nitrogens with zero attached hydrogens (tertiary/aromatic N) is 4. The minimum absolute atomic E-state index is 0.185. The van der Waals surface area contributed by atoms with E-state index >= 15 is 0 Å². The number of aryl methyl sites for hydroxylation is 3. The zero-order valence-electron chi connectivity index (χ0n) is 27.4. The molecule has 45 heavy (non-hydrogen) atoms. The van der Waals surface area contributed by atoms with Crippen LogP contribution in [0.4, 0.5) is 0 Å². The van der Waals surface area contributed by atoms with Crippen LogP contribution >= 0.6 is 0 Å². The molecular formula is C35H45N5O4S. The average Bonchev–Trinajstić information content (AvgIpc) is 3.38. The second kappa shape index (κ2) is 12.6. The molecule has 10 heteroatoms. The standard InChI is InChI=1S/C35H45N5O4S/c1-8-26-21-39(45(42,43)31-14-12-11-13-30(31)44-26)20-25-19-24(16-15-22(25)4)32(35(6,7)28(9-2)34(36)41)27-17-18-29-33(23(27)5)37-38-40(29)10-3/h11-19,26,28,32H,8-10,20-21H2,1-7H3,(H2,36,41)/t26-,28?,32+/m1/s1. The summed E-state index contributed by atoms with van der Waals surface area (Å²) in [4.78, 5) is 13.0. The van der Waals surface area contributed by atoms with E-state index in [0.717, 1.165) is 38.9 Å². The number of hydrogen-bond donors (Lipinski definition) is 1. The molecule has 1 amide bonds. The van der Waals surface area contributed by atoms with Gasteiger partial charge in [0.25, 0.3) is 0 Å².